The van der Waals surface area contributed by atoms with Crippen molar-refractivity contribution in [3.05, 3.63) is 24.0 Å². The first-order valence-corrected chi connectivity index (χ1v) is 5.57. The largest absolute Gasteiger partial charge is 0.490 e. The summed E-state index contributed by atoms with van der Waals surface area (Å²) in [6.07, 6.45) is 4.90. The van der Waals surface area contributed by atoms with E-state index in [4.69, 9.17) is 4.74 Å². The zero-order valence-corrected chi connectivity index (χ0v) is 9.36. The van der Waals surface area contributed by atoms with Crippen molar-refractivity contribution in [3.8, 4) is 5.75 Å². The van der Waals surface area contributed by atoms with E-state index in [0.717, 1.165) is 18.9 Å². The summed E-state index contributed by atoms with van der Waals surface area (Å²) in [6, 6.07) is 2.61. The molecule has 2 rings (SSSR count). The molecule has 1 N–H and O–H groups in total. The second-order valence-corrected chi connectivity index (χ2v) is 4.36. The first kappa shape index (κ1) is 10.4. The van der Waals surface area contributed by atoms with Crippen LogP contribution in [-0.2, 0) is 0 Å². The molecule has 1 unspecified atom stereocenters. The molecule has 82 valence electrons. The molecule has 1 saturated heterocycles. The van der Waals surface area contributed by atoms with E-state index in [1.54, 1.807) is 6.20 Å². The van der Waals surface area contributed by atoms with Crippen molar-refractivity contribution in [3.63, 3.8) is 0 Å². The summed E-state index contributed by atoms with van der Waals surface area (Å²) in [4.78, 5) is 4.18. The highest BCUT2D eigenvalue weighted by Gasteiger charge is 2.16. The standard InChI is InChI=1S/C12H18N2O/c1-9(2)10-5-12(7-13-6-10)15-8-11-3-4-14-11/h5-7,9,11,14H,3-4,8H2,1-2H3. The maximum absolute atomic E-state index is 5.68. The van der Waals surface area contributed by atoms with Crippen LogP contribution in [0, 0.1) is 0 Å². The molecule has 0 bridgehead atoms. The summed E-state index contributed by atoms with van der Waals surface area (Å²) in [5.74, 6) is 1.39. The molecule has 2 heterocycles. The van der Waals surface area contributed by atoms with E-state index >= 15 is 0 Å². The van der Waals surface area contributed by atoms with Gasteiger partial charge in [-0.05, 0) is 30.5 Å². The van der Waals surface area contributed by atoms with Crippen LogP contribution in [0.4, 0.5) is 0 Å². The number of ether oxygens (including phenoxy) is 1. The van der Waals surface area contributed by atoms with Crippen molar-refractivity contribution in [1.29, 1.82) is 0 Å². The van der Waals surface area contributed by atoms with Gasteiger partial charge in [-0.25, -0.2) is 0 Å². The Bertz CT molecular complexity index is 321. The summed E-state index contributed by atoms with van der Waals surface area (Å²) in [6.45, 7) is 6.20. The maximum atomic E-state index is 5.68. The number of nitrogens with zero attached hydrogens (tertiary/aromatic N) is 1. The maximum Gasteiger partial charge on any atom is 0.137 e. The Kier molecular flexibility index (Phi) is 3.21. The average molecular weight is 206 g/mol. The topological polar surface area (TPSA) is 34.1 Å². The van der Waals surface area contributed by atoms with E-state index in [-0.39, 0.29) is 0 Å². The molecule has 0 aliphatic carbocycles. The Labute approximate surface area is 90.9 Å². The summed E-state index contributed by atoms with van der Waals surface area (Å²) < 4.78 is 5.68. The lowest BCUT2D eigenvalue weighted by Gasteiger charge is -2.27. The van der Waals surface area contributed by atoms with Crippen LogP contribution in [0.2, 0.25) is 0 Å². The lowest BCUT2D eigenvalue weighted by atomic mass is 10.1. The van der Waals surface area contributed by atoms with Crippen molar-refractivity contribution in [2.45, 2.75) is 32.2 Å². The Morgan fingerprint density at radius 2 is 2.33 bits per heavy atom. The molecular weight excluding hydrogens is 188 g/mol. The van der Waals surface area contributed by atoms with E-state index in [1.165, 1.54) is 12.0 Å². The Hall–Kier alpha value is -1.09. The van der Waals surface area contributed by atoms with Crippen molar-refractivity contribution in [2.24, 2.45) is 0 Å². The molecule has 1 aliphatic heterocycles. The molecule has 15 heavy (non-hydrogen) atoms. The Balaban J connectivity index is 1.92. The molecule has 3 heteroatoms. The van der Waals surface area contributed by atoms with E-state index in [0.29, 0.717) is 12.0 Å². The predicted octanol–water partition coefficient (Wildman–Crippen LogP) is 1.95. The summed E-state index contributed by atoms with van der Waals surface area (Å²) in [7, 11) is 0. The molecule has 0 amide bonds. The number of nitrogens with one attached hydrogen (secondary N) is 1. The third-order valence-electron chi connectivity index (χ3n) is 2.78. The molecule has 3 nitrogen and oxygen atoms in total. The van der Waals surface area contributed by atoms with Crippen LogP contribution in [0.1, 0.15) is 31.7 Å². The predicted molar refractivity (Wildman–Crippen MR) is 60.2 cm³/mol. The second kappa shape index (κ2) is 4.62. The first-order valence-electron chi connectivity index (χ1n) is 5.57. The highest BCUT2D eigenvalue weighted by atomic mass is 16.5. The minimum atomic E-state index is 0.503. The number of hydrogen-bond acceptors (Lipinski definition) is 3. The highest BCUT2D eigenvalue weighted by Crippen LogP contribution is 2.19. The zero-order chi connectivity index (χ0) is 10.7. The smallest absolute Gasteiger partial charge is 0.137 e. The monoisotopic (exact) mass is 206 g/mol. The van der Waals surface area contributed by atoms with Gasteiger partial charge < -0.3 is 10.1 Å². The number of aromatic nitrogens is 1. The number of rotatable bonds is 4. The Morgan fingerprint density at radius 1 is 1.53 bits per heavy atom. The van der Waals surface area contributed by atoms with E-state index in [1.807, 2.05) is 6.20 Å². The van der Waals surface area contributed by atoms with E-state index in [2.05, 4.69) is 30.2 Å². The molecular formula is C12H18N2O. The van der Waals surface area contributed by atoms with Crippen LogP contribution in [0.3, 0.4) is 0 Å². The second-order valence-electron chi connectivity index (χ2n) is 4.36. The van der Waals surface area contributed by atoms with Crippen LogP contribution in [0.15, 0.2) is 18.5 Å². The van der Waals surface area contributed by atoms with E-state index in [9.17, 15) is 0 Å². The van der Waals surface area contributed by atoms with Crippen LogP contribution >= 0.6 is 0 Å². The molecule has 1 aromatic rings. The van der Waals surface area contributed by atoms with E-state index < -0.39 is 0 Å². The van der Waals surface area contributed by atoms with Gasteiger partial charge in [0.1, 0.15) is 12.4 Å². The van der Waals surface area contributed by atoms with Gasteiger partial charge in [0.05, 0.1) is 6.20 Å². The van der Waals surface area contributed by atoms with Crippen LogP contribution in [0.5, 0.6) is 5.75 Å². The summed E-state index contributed by atoms with van der Waals surface area (Å²) in [5.41, 5.74) is 1.23. The quantitative estimate of drug-likeness (QED) is 0.817. The summed E-state index contributed by atoms with van der Waals surface area (Å²) in [5, 5.41) is 3.31. The van der Waals surface area contributed by atoms with Crippen molar-refractivity contribution in [2.75, 3.05) is 13.2 Å². The van der Waals surface area contributed by atoms with Gasteiger partial charge in [0.25, 0.3) is 0 Å². The molecule has 0 aromatic carbocycles. The van der Waals surface area contributed by atoms with Crippen LogP contribution < -0.4 is 10.1 Å². The number of pyridine rings is 1. The minimum absolute atomic E-state index is 0.503. The normalized spacial score (nSPS) is 20.1. The first-order chi connectivity index (χ1) is 7.25. The molecule has 0 spiro atoms. The van der Waals surface area contributed by atoms with Crippen molar-refractivity contribution < 1.29 is 4.74 Å². The molecule has 0 radical (unpaired) electrons. The van der Waals surface area contributed by atoms with Gasteiger partial charge in [0, 0.05) is 12.2 Å². The molecule has 1 atom stereocenters. The lowest BCUT2D eigenvalue weighted by Crippen LogP contribution is -2.46. The zero-order valence-electron chi connectivity index (χ0n) is 9.36. The minimum Gasteiger partial charge on any atom is -0.490 e. The van der Waals surface area contributed by atoms with Gasteiger partial charge >= 0.3 is 0 Å². The fraction of sp³-hybridized carbons (Fsp3) is 0.583. The highest BCUT2D eigenvalue weighted by molar-refractivity contribution is 5.25. The molecule has 1 aromatic heterocycles. The van der Waals surface area contributed by atoms with Gasteiger partial charge in [-0.15, -0.1) is 0 Å². The van der Waals surface area contributed by atoms with Crippen molar-refractivity contribution >= 4 is 0 Å². The fourth-order valence-electron chi connectivity index (χ4n) is 1.52. The van der Waals surface area contributed by atoms with Gasteiger partial charge in [0.15, 0.2) is 0 Å². The average Bonchev–Trinajstić information content (AvgIpc) is 2.16. The third kappa shape index (κ3) is 2.69. The molecule has 1 fully saturated rings. The van der Waals surface area contributed by atoms with Crippen molar-refractivity contribution in [1.82, 2.24) is 10.3 Å². The lowest BCUT2D eigenvalue weighted by molar-refractivity contribution is 0.216. The molecule has 0 saturated carbocycles. The van der Waals surface area contributed by atoms with Gasteiger partial charge in [-0.1, -0.05) is 13.8 Å². The molecule has 1 aliphatic rings. The SMILES string of the molecule is CC(C)c1cncc(OCC2CCN2)c1. The van der Waals surface area contributed by atoms with Gasteiger partial charge in [-0.3, -0.25) is 4.98 Å². The summed E-state index contributed by atoms with van der Waals surface area (Å²) >= 11 is 0. The van der Waals surface area contributed by atoms with Crippen LogP contribution in [0.25, 0.3) is 0 Å². The van der Waals surface area contributed by atoms with Crippen LogP contribution in [-0.4, -0.2) is 24.2 Å². The van der Waals surface area contributed by atoms with Gasteiger partial charge in [0.2, 0.25) is 0 Å². The fourth-order valence-corrected chi connectivity index (χ4v) is 1.52. The Morgan fingerprint density at radius 3 is 2.93 bits per heavy atom. The number of hydrogen-bond donors (Lipinski definition) is 1. The third-order valence-corrected chi connectivity index (χ3v) is 2.78. The van der Waals surface area contributed by atoms with Gasteiger partial charge in [-0.2, -0.15) is 0 Å².